The van der Waals surface area contributed by atoms with Crippen LogP contribution in [0.3, 0.4) is 0 Å². The van der Waals surface area contributed by atoms with E-state index in [0.29, 0.717) is 17.7 Å². The number of rotatable bonds is 2. The molecule has 0 spiro atoms. The number of imide groups is 1. The molecule has 0 fully saturated rings. The van der Waals surface area contributed by atoms with E-state index < -0.39 is 5.41 Å². The molecule has 1 unspecified atom stereocenters. The van der Waals surface area contributed by atoms with Gasteiger partial charge in [0.25, 0.3) is 5.91 Å². The number of methoxy groups -OCH3 is 1. The maximum absolute atomic E-state index is 12.8. The molecule has 0 bridgehead atoms. The Kier molecular flexibility index (Phi) is 3.60. The Hall–Kier alpha value is -1.84. The van der Waals surface area contributed by atoms with Crippen LogP contribution in [0.2, 0.25) is 0 Å². The number of carbonyl (C=O) groups excluding carboxylic acids is 2. The Morgan fingerprint density at radius 1 is 1.24 bits per heavy atom. The molecule has 114 valence electrons. The van der Waals surface area contributed by atoms with Crippen LogP contribution in [0.4, 0.5) is 0 Å². The summed E-state index contributed by atoms with van der Waals surface area (Å²) in [7, 11) is 3.14. The fraction of sp³-hybridized carbons (Fsp3) is 0.529. The summed E-state index contributed by atoms with van der Waals surface area (Å²) in [5.74, 6) is 0.270. The molecule has 4 nitrogen and oxygen atoms in total. The Bertz CT molecular complexity index is 601. The van der Waals surface area contributed by atoms with Gasteiger partial charge in [-0.2, -0.15) is 0 Å². The molecular weight excluding hydrogens is 266 g/mol. The molecule has 21 heavy (non-hydrogen) atoms. The monoisotopic (exact) mass is 289 g/mol. The van der Waals surface area contributed by atoms with E-state index in [0.717, 1.165) is 5.56 Å². The van der Waals surface area contributed by atoms with Crippen molar-refractivity contribution in [3.8, 4) is 5.75 Å². The summed E-state index contributed by atoms with van der Waals surface area (Å²) in [6.45, 7) is 8.22. The maximum Gasteiger partial charge on any atom is 0.260 e. The molecule has 1 atom stereocenters. The van der Waals surface area contributed by atoms with Crippen LogP contribution in [-0.2, 0) is 10.2 Å². The van der Waals surface area contributed by atoms with Crippen LogP contribution in [0.15, 0.2) is 18.2 Å². The van der Waals surface area contributed by atoms with Crippen LogP contribution in [0.25, 0.3) is 0 Å². The molecular formula is C17H23NO3. The second-order valence-corrected chi connectivity index (χ2v) is 7.15. The third-order valence-electron chi connectivity index (χ3n) is 4.02. The van der Waals surface area contributed by atoms with Gasteiger partial charge in [-0.25, -0.2) is 0 Å². The Morgan fingerprint density at radius 3 is 2.38 bits per heavy atom. The smallest absolute Gasteiger partial charge is 0.260 e. The minimum atomic E-state index is -0.717. The molecule has 1 heterocycles. The highest BCUT2D eigenvalue weighted by atomic mass is 16.5. The van der Waals surface area contributed by atoms with Gasteiger partial charge in [0, 0.05) is 12.6 Å². The van der Waals surface area contributed by atoms with Gasteiger partial charge in [0.2, 0.25) is 5.91 Å². The largest absolute Gasteiger partial charge is 0.497 e. The minimum Gasteiger partial charge on any atom is -0.497 e. The van der Waals surface area contributed by atoms with Gasteiger partial charge < -0.3 is 4.74 Å². The third kappa shape index (κ3) is 2.55. The molecule has 0 N–H and O–H groups in total. The van der Waals surface area contributed by atoms with Gasteiger partial charge in [0.1, 0.15) is 5.75 Å². The van der Waals surface area contributed by atoms with Crippen molar-refractivity contribution in [1.82, 2.24) is 4.90 Å². The van der Waals surface area contributed by atoms with E-state index in [1.54, 1.807) is 26.3 Å². The zero-order valence-electron chi connectivity index (χ0n) is 13.6. The van der Waals surface area contributed by atoms with Gasteiger partial charge in [0.15, 0.2) is 0 Å². The maximum atomic E-state index is 12.8. The van der Waals surface area contributed by atoms with Crippen LogP contribution >= 0.6 is 0 Å². The highest BCUT2D eigenvalue weighted by Gasteiger charge is 2.48. The highest BCUT2D eigenvalue weighted by Crippen LogP contribution is 2.43. The van der Waals surface area contributed by atoms with E-state index in [1.165, 1.54) is 4.90 Å². The van der Waals surface area contributed by atoms with E-state index in [1.807, 2.05) is 13.0 Å². The van der Waals surface area contributed by atoms with Crippen molar-refractivity contribution in [1.29, 1.82) is 0 Å². The van der Waals surface area contributed by atoms with E-state index in [4.69, 9.17) is 4.74 Å². The SMILES string of the molecule is COc1ccc2c(c1)C(C)(CC(C)(C)C)C(=O)N(C)C2=O. The number of ether oxygens (including phenoxy) is 1. The quantitative estimate of drug-likeness (QED) is 0.786. The topological polar surface area (TPSA) is 46.6 Å². The molecule has 1 aliphatic rings. The van der Waals surface area contributed by atoms with E-state index in [9.17, 15) is 9.59 Å². The molecule has 1 aromatic rings. The number of benzene rings is 1. The number of hydrogen-bond acceptors (Lipinski definition) is 3. The van der Waals surface area contributed by atoms with Gasteiger partial charge in [-0.1, -0.05) is 20.8 Å². The molecule has 2 amide bonds. The first-order chi connectivity index (χ1) is 9.60. The number of carbonyl (C=O) groups is 2. The number of likely N-dealkylation sites (N-methyl/N-ethyl adjacent to an activating group) is 1. The first-order valence-corrected chi connectivity index (χ1v) is 7.11. The van der Waals surface area contributed by atoms with Gasteiger partial charge in [-0.05, 0) is 42.5 Å². The number of fused-ring (bicyclic) bond motifs is 1. The van der Waals surface area contributed by atoms with Crippen molar-refractivity contribution < 1.29 is 14.3 Å². The van der Waals surface area contributed by atoms with Crippen LogP contribution < -0.4 is 4.74 Å². The fourth-order valence-electron chi connectivity index (χ4n) is 3.28. The second-order valence-electron chi connectivity index (χ2n) is 7.15. The van der Waals surface area contributed by atoms with Crippen LogP contribution in [-0.4, -0.2) is 30.9 Å². The predicted molar refractivity (Wildman–Crippen MR) is 81.5 cm³/mol. The summed E-state index contributed by atoms with van der Waals surface area (Å²) in [6.07, 6.45) is 0.663. The zero-order chi connectivity index (χ0) is 16.0. The van der Waals surface area contributed by atoms with Crippen molar-refractivity contribution in [2.45, 2.75) is 39.5 Å². The highest BCUT2D eigenvalue weighted by molar-refractivity contribution is 6.12. The Morgan fingerprint density at radius 2 is 1.86 bits per heavy atom. The molecule has 1 aliphatic heterocycles. The summed E-state index contributed by atoms with van der Waals surface area (Å²) in [5.41, 5.74) is 0.603. The average Bonchev–Trinajstić information content (AvgIpc) is 2.41. The lowest BCUT2D eigenvalue weighted by Crippen LogP contribution is -2.52. The van der Waals surface area contributed by atoms with Crippen molar-refractivity contribution in [2.75, 3.05) is 14.2 Å². The Balaban J connectivity index is 2.68. The van der Waals surface area contributed by atoms with Crippen molar-refractivity contribution in [3.05, 3.63) is 29.3 Å². The third-order valence-corrected chi connectivity index (χ3v) is 4.02. The summed E-state index contributed by atoms with van der Waals surface area (Å²) in [4.78, 5) is 26.3. The molecule has 0 aromatic heterocycles. The first kappa shape index (κ1) is 15.5. The predicted octanol–water partition coefficient (Wildman–Crippen LogP) is 3.00. The zero-order valence-corrected chi connectivity index (χ0v) is 13.6. The normalized spacial score (nSPS) is 22.3. The van der Waals surface area contributed by atoms with Crippen molar-refractivity contribution >= 4 is 11.8 Å². The van der Waals surface area contributed by atoms with Gasteiger partial charge in [-0.15, -0.1) is 0 Å². The van der Waals surface area contributed by atoms with Crippen molar-refractivity contribution in [2.24, 2.45) is 5.41 Å². The summed E-state index contributed by atoms with van der Waals surface area (Å²) >= 11 is 0. The molecule has 1 aromatic carbocycles. The number of hydrogen-bond donors (Lipinski definition) is 0. The summed E-state index contributed by atoms with van der Waals surface area (Å²) < 4.78 is 5.26. The molecule has 0 radical (unpaired) electrons. The van der Waals surface area contributed by atoms with Gasteiger partial charge in [-0.3, -0.25) is 14.5 Å². The van der Waals surface area contributed by atoms with Crippen LogP contribution in [0, 0.1) is 5.41 Å². The van der Waals surface area contributed by atoms with Gasteiger partial charge in [0.05, 0.1) is 12.5 Å². The summed E-state index contributed by atoms with van der Waals surface area (Å²) in [6, 6.07) is 5.34. The minimum absolute atomic E-state index is 0.0357. The lowest BCUT2D eigenvalue weighted by Gasteiger charge is -2.41. The molecule has 2 rings (SSSR count). The summed E-state index contributed by atoms with van der Waals surface area (Å²) in [5, 5.41) is 0. The van der Waals surface area contributed by atoms with Crippen molar-refractivity contribution in [3.63, 3.8) is 0 Å². The fourth-order valence-corrected chi connectivity index (χ4v) is 3.28. The molecule has 0 saturated carbocycles. The lowest BCUT2D eigenvalue weighted by atomic mass is 9.67. The number of nitrogens with zero attached hydrogens (tertiary/aromatic N) is 1. The second kappa shape index (κ2) is 4.86. The first-order valence-electron chi connectivity index (χ1n) is 7.11. The lowest BCUT2D eigenvalue weighted by molar-refractivity contribution is -0.135. The van der Waals surface area contributed by atoms with E-state index >= 15 is 0 Å². The molecule has 0 saturated heterocycles. The Labute approximate surface area is 126 Å². The molecule has 0 aliphatic carbocycles. The number of amides is 2. The van der Waals surface area contributed by atoms with E-state index in [-0.39, 0.29) is 17.2 Å². The van der Waals surface area contributed by atoms with E-state index in [2.05, 4.69) is 20.8 Å². The van der Waals surface area contributed by atoms with Gasteiger partial charge >= 0.3 is 0 Å². The average molecular weight is 289 g/mol. The standard InChI is InChI=1S/C17H23NO3/c1-16(2,3)10-17(4)13-9-11(21-6)7-8-12(13)14(19)18(5)15(17)20/h7-9H,10H2,1-6H3. The van der Waals surface area contributed by atoms with Crippen LogP contribution in [0.5, 0.6) is 5.75 Å². The molecule has 4 heteroatoms. The van der Waals surface area contributed by atoms with Crippen LogP contribution in [0.1, 0.15) is 50.0 Å².